The molecule has 12 heteroatoms. The molecule has 0 bridgehead atoms. The second-order valence-corrected chi connectivity index (χ2v) is 5.71. The van der Waals surface area contributed by atoms with E-state index >= 15 is 0 Å². The Morgan fingerprint density at radius 1 is 1.56 bits per heavy atom. The number of imidazole rings is 1. The Labute approximate surface area is 141 Å². The number of nitrogens with zero attached hydrogens (tertiary/aromatic N) is 7. The van der Waals surface area contributed by atoms with Crippen molar-refractivity contribution in [3.05, 3.63) is 16.8 Å². The smallest absolute Gasteiger partial charge is 0.247 e. The van der Waals surface area contributed by atoms with Crippen molar-refractivity contribution in [1.82, 2.24) is 19.5 Å². The molecule has 1 saturated heterocycles. The number of aliphatic hydroxyl groups excluding tert-OH is 2. The average Bonchev–Trinajstić information content (AvgIpc) is 3.08. The van der Waals surface area contributed by atoms with Crippen LogP contribution in [0.1, 0.15) is 20.1 Å². The van der Waals surface area contributed by atoms with E-state index in [4.69, 9.17) is 20.7 Å². The first-order valence-electron chi connectivity index (χ1n) is 7.59. The highest BCUT2D eigenvalue weighted by molar-refractivity contribution is 5.77. The van der Waals surface area contributed by atoms with Crippen molar-refractivity contribution in [3.8, 4) is 5.88 Å². The van der Waals surface area contributed by atoms with E-state index in [9.17, 15) is 10.2 Å². The molecule has 25 heavy (non-hydrogen) atoms. The van der Waals surface area contributed by atoms with Crippen LogP contribution in [0.4, 0.5) is 5.95 Å². The monoisotopic (exact) mass is 350 g/mol. The number of rotatable bonds is 5. The largest absolute Gasteiger partial charge is 0.476 e. The van der Waals surface area contributed by atoms with Crippen LogP contribution in [0.2, 0.25) is 0 Å². The molecule has 1 aliphatic heterocycles. The van der Waals surface area contributed by atoms with Gasteiger partial charge in [0.05, 0.1) is 25.6 Å². The average molecular weight is 350 g/mol. The first kappa shape index (κ1) is 17.2. The van der Waals surface area contributed by atoms with E-state index in [0.717, 1.165) is 0 Å². The molecule has 4 N–H and O–H groups in total. The van der Waals surface area contributed by atoms with Crippen molar-refractivity contribution < 1.29 is 19.7 Å². The molecule has 2 aromatic heterocycles. The summed E-state index contributed by atoms with van der Waals surface area (Å²) in [4.78, 5) is 15.2. The lowest BCUT2D eigenvalue weighted by Crippen LogP contribution is -2.42. The second-order valence-electron chi connectivity index (χ2n) is 5.71. The number of aliphatic hydroxyl groups is 2. The number of nitrogens with two attached hydrogens (primary N) is 1. The predicted octanol–water partition coefficient (Wildman–Crippen LogP) is 0.127. The van der Waals surface area contributed by atoms with E-state index < -0.39 is 30.6 Å². The van der Waals surface area contributed by atoms with Crippen molar-refractivity contribution in [1.29, 1.82) is 0 Å². The third-order valence-corrected chi connectivity index (χ3v) is 4.14. The fraction of sp³-hybridized carbons (Fsp3) is 0.615. The van der Waals surface area contributed by atoms with Crippen LogP contribution in [0.5, 0.6) is 5.88 Å². The molecule has 1 fully saturated rings. The molecule has 12 nitrogen and oxygen atoms in total. The van der Waals surface area contributed by atoms with E-state index in [1.54, 1.807) is 6.92 Å². The summed E-state index contributed by atoms with van der Waals surface area (Å²) in [5.41, 5.74) is 13.9. The van der Waals surface area contributed by atoms with Crippen LogP contribution in [0, 0.1) is 0 Å². The van der Waals surface area contributed by atoms with Gasteiger partial charge in [-0.25, -0.2) is 4.98 Å². The minimum absolute atomic E-state index is 0.0274. The minimum atomic E-state index is -1.39. The van der Waals surface area contributed by atoms with E-state index in [2.05, 4.69) is 25.0 Å². The number of ether oxygens (including phenoxy) is 2. The SMILES string of the molecule is CCOc1nc(N)nc2c1ncn2[C@@H]1O[C@H](CO)[C@@H](O)[C@@]1(C)N=[N+]=[N-]. The van der Waals surface area contributed by atoms with Crippen molar-refractivity contribution in [2.75, 3.05) is 18.9 Å². The van der Waals surface area contributed by atoms with Crippen molar-refractivity contribution >= 4 is 17.1 Å². The van der Waals surface area contributed by atoms with Gasteiger partial charge in [0, 0.05) is 4.91 Å². The van der Waals surface area contributed by atoms with Crippen LogP contribution in [-0.4, -0.2) is 60.7 Å². The van der Waals surface area contributed by atoms with Gasteiger partial charge in [-0.15, -0.1) is 0 Å². The fourth-order valence-electron chi connectivity index (χ4n) is 2.91. The highest BCUT2D eigenvalue weighted by atomic mass is 16.5. The fourth-order valence-corrected chi connectivity index (χ4v) is 2.91. The van der Waals surface area contributed by atoms with Crippen molar-refractivity contribution in [2.45, 2.75) is 37.8 Å². The van der Waals surface area contributed by atoms with Gasteiger partial charge in [-0.2, -0.15) is 9.97 Å². The van der Waals surface area contributed by atoms with Crippen LogP contribution in [0.3, 0.4) is 0 Å². The summed E-state index contributed by atoms with van der Waals surface area (Å²) < 4.78 is 12.6. The van der Waals surface area contributed by atoms with Crippen molar-refractivity contribution in [2.24, 2.45) is 5.11 Å². The Kier molecular flexibility index (Phi) is 4.35. The molecule has 0 saturated carbocycles. The van der Waals surface area contributed by atoms with E-state index in [1.165, 1.54) is 17.8 Å². The van der Waals surface area contributed by atoms with Gasteiger partial charge in [0.25, 0.3) is 0 Å². The number of hydrogen-bond donors (Lipinski definition) is 3. The molecule has 1 aliphatic rings. The predicted molar refractivity (Wildman–Crippen MR) is 85.5 cm³/mol. The molecular formula is C13H18N8O4. The quantitative estimate of drug-likeness (QED) is 0.387. The zero-order chi connectivity index (χ0) is 18.2. The third kappa shape index (κ3) is 2.61. The van der Waals surface area contributed by atoms with Gasteiger partial charge in [-0.05, 0) is 19.4 Å². The maximum atomic E-state index is 10.4. The number of fused-ring (bicyclic) bond motifs is 1. The molecule has 2 aromatic rings. The van der Waals surface area contributed by atoms with Gasteiger partial charge in [0.1, 0.15) is 11.6 Å². The maximum absolute atomic E-state index is 10.4. The van der Waals surface area contributed by atoms with Gasteiger partial charge < -0.3 is 25.4 Å². The lowest BCUT2D eigenvalue weighted by atomic mass is 9.93. The summed E-state index contributed by atoms with van der Waals surface area (Å²) in [6.45, 7) is 3.24. The molecule has 0 radical (unpaired) electrons. The Balaban J connectivity index is 2.16. The maximum Gasteiger partial charge on any atom is 0.247 e. The highest BCUT2D eigenvalue weighted by Gasteiger charge is 2.54. The molecular weight excluding hydrogens is 332 g/mol. The number of azide groups is 1. The highest BCUT2D eigenvalue weighted by Crippen LogP contribution is 2.42. The first-order valence-corrected chi connectivity index (χ1v) is 7.59. The summed E-state index contributed by atoms with van der Waals surface area (Å²) in [5.74, 6) is 0.187. The molecule has 0 unspecified atom stereocenters. The number of hydrogen-bond acceptors (Lipinski definition) is 9. The topological polar surface area (TPSA) is 177 Å². The summed E-state index contributed by atoms with van der Waals surface area (Å²) in [6.07, 6.45) is -1.70. The molecule has 134 valence electrons. The number of aromatic nitrogens is 4. The standard InChI is InChI=1S/C13H18N8O4/c1-3-24-10-7-9(17-12(14)18-10)21(5-16-7)11-13(2,19-20-15)8(23)6(4-22)25-11/h5-6,8,11,22-23H,3-4H2,1-2H3,(H2,14,17,18)/t6-,8-,11-,13-/m1/s1. The Morgan fingerprint density at radius 2 is 2.32 bits per heavy atom. The third-order valence-electron chi connectivity index (χ3n) is 4.14. The molecule has 0 amide bonds. The lowest BCUT2D eigenvalue weighted by molar-refractivity contribution is -0.0455. The molecule has 0 aromatic carbocycles. The number of anilines is 1. The molecule has 0 spiro atoms. The van der Waals surface area contributed by atoms with Gasteiger partial charge >= 0.3 is 0 Å². The summed E-state index contributed by atoms with van der Waals surface area (Å²) in [5, 5.41) is 23.5. The van der Waals surface area contributed by atoms with E-state index in [1.807, 2.05) is 0 Å². The van der Waals surface area contributed by atoms with Crippen LogP contribution >= 0.6 is 0 Å². The zero-order valence-electron chi connectivity index (χ0n) is 13.6. The van der Waals surface area contributed by atoms with Crippen LogP contribution in [0.25, 0.3) is 21.6 Å². The number of nitrogen functional groups attached to an aromatic ring is 1. The summed E-state index contributed by atoms with van der Waals surface area (Å²) in [6, 6.07) is 0. The molecule has 0 aliphatic carbocycles. The Morgan fingerprint density at radius 3 is 2.96 bits per heavy atom. The van der Waals surface area contributed by atoms with Crippen LogP contribution < -0.4 is 10.5 Å². The summed E-state index contributed by atoms with van der Waals surface area (Å²) >= 11 is 0. The van der Waals surface area contributed by atoms with Crippen LogP contribution in [-0.2, 0) is 4.74 Å². The Bertz CT molecular complexity index is 835. The lowest BCUT2D eigenvalue weighted by Gasteiger charge is -2.27. The molecule has 3 heterocycles. The van der Waals surface area contributed by atoms with Crippen LogP contribution in [0.15, 0.2) is 11.4 Å². The normalized spacial score (nSPS) is 28.9. The van der Waals surface area contributed by atoms with Gasteiger partial charge in [-0.3, -0.25) is 4.57 Å². The van der Waals surface area contributed by atoms with Gasteiger partial charge in [-0.1, -0.05) is 5.11 Å². The molecule has 3 rings (SSSR count). The van der Waals surface area contributed by atoms with Gasteiger partial charge in [0.15, 0.2) is 17.4 Å². The Hall–Kier alpha value is -2.66. The first-order chi connectivity index (χ1) is 12.0. The second kappa shape index (κ2) is 6.33. The zero-order valence-corrected chi connectivity index (χ0v) is 13.6. The van der Waals surface area contributed by atoms with E-state index in [0.29, 0.717) is 17.8 Å². The van der Waals surface area contributed by atoms with E-state index in [-0.39, 0.29) is 11.8 Å². The van der Waals surface area contributed by atoms with Crippen molar-refractivity contribution in [3.63, 3.8) is 0 Å². The van der Waals surface area contributed by atoms with Gasteiger partial charge in [0.2, 0.25) is 11.8 Å². The summed E-state index contributed by atoms with van der Waals surface area (Å²) in [7, 11) is 0. The molecule has 4 atom stereocenters. The minimum Gasteiger partial charge on any atom is -0.476 e.